The van der Waals surface area contributed by atoms with Crippen molar-refractivity contribution < 1.29 is 4.79 Å². The molecule has 0 saturated heterocycles. The number of para-hydroxylation sites is 1. The Labute approximate surface area is 137 Å². The minimum absolute atomic E-state index is 0.127. The fourth-order valence-corrected chi connectivity index (χ4v) is 3.71. The first-order chi connectivity index (χ1) is 10.0. The Morgan fingerprint density at radius 2 is 1.77 bits per heavy atom. The first kappa shape index (κ1) is 16.9. The van der Waals surface area contributed by atoms with Crippen LogP contribution in [-0.2, 0) is 7.05 Å². The SMILES string of the molecule is Cn1c(C(=O)NC(C)(C)CC(C)(C)C)c(Cl)c2ccccc21. The van der Waals surface area contributed by atoms with Crippen LogP contribution in [0.2, 0.25) is 5.02 Å². The van der Waals surface area contributed by atoms with E-state index in [4.69, 9.17) is 11.6 Å². The van der Waals surface area contributed by atoms with Gasteiger partial charge in [-0.1, -0.05) is 50.6 Å². The number of carbonyl (C=O) groups is 1. The normalized spacial score (nSPS) is 12.7. The maximum atomic E-state index is 12.7. The highest BCUT2D eigenvalue weighted by Crippen LogP contribution is 2.31. The number of nitrogens with one attached hydrogen (secondary N) is 1. The number of hydrogen-bond acceptors (Lipinski definition) is 1. The largest absolute Gasteiger partial charge is 0.346 e. The Balaban J connectivity index is 2.35. The van der Waals surface area contributed by atoms with Gasteiger partial charge in [0.1, 0.15) is 5.69 Å². The number of amides is 1. The Hall–Kier alpha value is -1.48. The monoisotopic (exact) mass is 320 g/mol. The molecule has 0 saturated carbocycles. The van der Waals surface area contributed by atoms with E-state index in [2.05, 4.69) is 26.1 Å². The van der Waals surface area contributed by atoms with Crippen LogP contribution < -0.4 is 5.32 Å². The van der Waals surface area contributed by atoms with Crippen molar-refractivity contribution >= 4 is 28.4 Å². The molecule has 1 amide bonds. The lowest BCUT2D eigenvalue weighted by molar-refractivity contribution is 0.0883. The average Bonchev–Trinajstić information content (AvgIpc) is 2.59. The second-order valence-electron chi connectivity index (χ2n) is 7.81. The van der Waals surface area contributed by atoms with Crippen LogP contribution in [0, 0.1) is 5.41 Å². The summed E-state index contributed by atoms with van der Waals surface area (Å²) in [6.07, 6.45) is 0.882. The predicted octanol–water partition coefficient (Wildman–Crippen LogP) is 4.78. The van der Waals surface area contributed by atoms with E-state index in [0.717, 1.165) is 17.3 Å². The Kier molecular flexibility index (Phi) is 4.31. The Morgan fingerprint density at radius 1 is 1.18 bits per heavy atom. The minimum Gasteiger partial charge on any atom is -0.346 e. The van der Waals surface area contributed by atoms with Crippen LogP contribution >= 0.6 is 11.6 Å². The fraction of sp³-hybridized carbons (Fsp3) is 0.500. The number of carbonyl (C=O) groups excluding carboxylic acids is 1. The van der Waals surface area contributed by atoms with Gasteiger partial charge in [-0.3, -0.25) is 4.79 Å². The molecule has 1 N–H and O–H groups in total. The molecule has 1 aromatic carbocycles. The number of hydrogen-bond donors (Lipinski definition) is 1. The van der Waals surface area contributed by atoms with Gasteiger partial charge >= 0.3 is 0 Å². The summed E-state index contributed by atoms with van der Waals surface area (Å²) in [5.74, 6) is -0.127. The van der Waals surface area contributed by atoms with E-state index < -0.39 is 0 Å². The molecule has 0 atom stereocenters. The van der Waals surface area contributed by atoms with Gasteiger partial charge in [0.25, 0.3) is 5.91 Å². The molecule has 0 fully saturated rings. The van der Waals surface area contributed by atoms with Gasteiger partial charge in [0, 0.05) is 23.5 Å². The quantitative estimate of drug-likeness (QED) is 0.868. The summed E-state index contributed by atoms with van der Waals surface area (Å²) in [7, 11) is 1.87. The van der Waals surface area contributed by atoms with Crippen LogP contribution in [0.4, 0.5) is 0 Å². The van der Waals surface area contributed by atoms with Crippen LogP contribution in [0.15, 0.2) is 24.3 Å². The van der Waals surface area contributed by atoms with Crippen molar-refractivity contribution in [2.24, 2.45) is 12.5 Å². The molecule has 2 rings (SSSR count). The van der Waals surface area contributed by atoms with Crippen LogP contribution in [0.3, 0.4) is 0 Å². The number of fused-ring (bicyclic) bond motifs is 1. The molecule has 22 heavy (non-hydrogen) atoms. The second-order valence-corrected chi connectivity index (χ2v) is 8.19. The van der Waals surface area contributed by atoms with E-state index in [-0.39, 0.29) is 16.9 Å². The average molecular weight is 321 g/mol. The fourth-order valence-electron chi connectivity index (χ4n) is 3.34. The lowest BCUT2D eigenvalue weighted by Crippen LogP contribution is -2.46. The molecule has 120 valence electrons. The number of benzene rings is 1. The molecule has 1 aromatic heterocycles. The zero-order valence-electron chi connectivity index (χ0n) is 14.2. The molecule has 0 radical (unpaired) electrons. The zero-order valence-corrected chi connectivity index (χ0v) is 15.0. The standard InChI is InChI=1S/C18H25ClN2O/c1-17(2,3)11-18(4,5)20-16(22)15-14(19)12-9-7-8-10-13(12)21(15)6/h7-10H,11H2,1-6H3,(H,20,22). The number of aryl methyl sites for hydroxylation is 1. The zero-order chi connectivity index (χ0) is 16.7. The highest BCUT2D eigenvalue weighted by atomic mass is 35.5. The summed E-state index contributed by atoms with van der Waals surface area (Å²) < 4.78 is 1.86. The van der Waals surface area contributed by atoms with Crippen molar-refractivity contribution in [2.75, 3.05) is 0 Å². The van der Waals surface area contributed by atoms with E-state index in [0.29, 0.717) is 10.7 Å². The summed E-state index contributed by atoms with van der Waals surface area (Å²) in [6.45, 7) is 10.6. The number of aromatic nitrogens is 1. The molecule has 0 aliphatic rings. The highest BCUT2D eigenvalue weighted by molar-refractivity contribution is 6.38. The van der Waals surface area contributed by atoms with Gasteiger partial charge in [0.2, 0.25) is 0 Å². The molecule has 0 unspecified atom stereocenters. The molecule has 0 aliphatic heterocycles. The van der Waals surface area contributed by atoms with Gasteiger partial charge in [-0.2, -0.15) is 0 Å². The van der Waals surface area contributed by atoms with Crippen molar-refractivity contribution in [2.45, 2.75) is 46.6 Å². The Morgan fingerprint density at radius 3 is 2.32 bits per heavy atom. The molecule has 1 heterocycles. The second kappa shape index (κ2) is 5.62. The van der Waals surface area contributed by atoms with Gasteiger partial charge < -0.3 is 9.88 Å². The molecular weight excluding hydrogens is 296 g/mol. The lowest BCUT2D eigenvalue weighted by Gasteiger charge is -2.33. The van der Waals surface area contributed by atoms with Crippen molar-refractivity contribution in [3.63, 3.8) is 0 Å². The molecule has 0 bridgehead atoms. The summed E-state index contributed by atoms with van der Waals surface area (Å²) in [5.41, 5.74) is 1.32. The van der Waals surface area contributed by atoms with Crippen LogP contribution in [-0.4, -0.2) is 16.0 Å². The number of rotatable bonds is 3. The topological polar surface area (TPSA) is 34.0 Å². The van der Waals surface area contributed by atoms with E-state index in [1.54, 1.807) is 0 Å². The lowest BCUT2D eigenvalue weighted by atomic mass is 9.82. The summed E-state index contributed by atoms with van der Waals surface area (Å²) >= 11 is 6.44. The molecule has 0 spiro atoms. The third kappa shape index (κ3) is 3.46. The van der Waals surface area contributed by atoms with E-state index in [1.165, 1.54) is 0 Å². The maximum absolute atomic E-state index is 12.7. The van der Waals surface area contributed by atoms with E-state index in [9.17, 15) is 4.79 Å². The summed E-state index contributed by atoms with van der Waals surface area (Å²) in [4.78, 5) is 12.7. The molecule has 4 heteroatoms. The molecule has 0 aliphatic carbocycles. The molecule has 2 aromatic rings. The third-order valence-electron chi connectivity index (χ3n) is 3.68. The van der Waals surface area contributed by atoms with Crippen molar-refractivity contribution in [3.8, 4) is 0 Å². The third-order valence-corrected chi connectivity index (χ3v) is 4.07. The molecule has 3 nitrogen and oxygen atoms in total. The number of halogens is 1. The van der Waals surface area contributed by atoms with Crippen LogP contribution in [0.25, 0.3) is 10.9 Å². The Bertz CT molecular complexity index is 669. The van der Waals surface area contributed by atoms with Gasteiger partial charge in [-0.05, 0) is 31.7 Å². The molecular formula is C18H25ClN2O. The van der Waals surface area contributed by atoms with Crippen LogP contribution in [0.5, 0.6) is 0 Å². The van der Waals surface area contributed by atoms with Crippen LogP contribution in [0.1, 0.15) is 51.5 Å². The van der Waals surface area contributed by atoms with Gasteiger partial charge in [-0.15, -0.1) is 0 Å². The van der Waals surface area contributed by atoms with E-state index >= 15 is 0 Å². The summed E-state index contributed by atoms with van der Waals surface area (Å²) in [5, 5.41) is 4.55. The van der Waals surface area contributed by atoms with Gasteiger partial charge in [0.05, 0.1) is 5.02 Å². The predicted molar refractivity (Wildman–Crippen MR) is 93.5 cm³/mol. The van der Waals surface area contributed by atoms with Crippen molar-refractivity contribution in [3.05, 3.63) is 35.0 Å². The van der Waals surface area contributed by atoms with Gasteiger partial charge in [-0.25, -0.2) is 0 Å². The first-order valence-electron chi connectivity index (χ1n) is 7.57. The first-order valence-corrected chi connectivity index (χ1v) is 7.95. The number of nitrogens with zero attached hydrogens (tertiary/aromatic N) is 1. The summed E-state index contributed by atoms with van der Waals surface area (Å²) in [6, 6.07) is 7.79. The van der Waals surface area contributed by atoms with Gasteiger partial charge in [0.15, 0.2) is 0 Å². The van der Waals surface area contributed by atoms with Crippen molar-refractivity contribution in [1.29, 1.82) is 0 Å². The smallest absolute Gasteiger partial charge is 0.269 e. The van der Waals surface area contributed by atoms with E-state index in [1.807, 2.05) is 49.7 Å². The minimum atomic E-state index is -0.297. The van der Waals surface area contributed by atoms with Crippen molar-refractivity contribution in [1.82, 2.24) is 9.88 Å². The maximum Gasteiger partial charge on any atom is 0.269 e. The highest BCUT2D eigenvalue weighted by Gasteiger charge is 2.29.